The summed E-state index contributed by atoms with van der Waals surface area (Å²) in [4.78, 5) is 17.9. The van der Waals surface area contributed by atoms with Crippen LogP contribution in [0.1, 0.15) is 22.9 Å². The molecule has 0 saturated carbocycles. The summed E-state index contributed by atoms with van der Waals surface area (Å²) in [5, 5.41) is 3.66. The summed E-state index contributed by atoms with van der Waals surface area (Å²) in [6, 6.07) is 9.58. The summed E-state index contributed by atoms with van der Waals surface area (Å²) in [5.41, 5.74) is 14.0. The van der Waals surface area contributed by atoms with Gasteiger partial charge >= 0.3 is 0 Å². The first-order valence-electron chi connectivity index (χ1n) is 7.65. The van der Waals surface area contributed by atoms with E-state index >= 15 is 0 Å². The highest BCUT2D eigenvalue weighted by Crippen LogP contribution is 2.41. The smallest absolute Gasteiger partial charge is 0.224 e. The number of halogens is 2. The molecule has 0 radical (unpaired) electrons. The molecule has 1 unspecified atom stereocenters. The topological polar surface area (TPSA) is 115 Å². The van der Waals surface area contributed by atoms with Crippen molar-refractivity contribution in [3.63, 3.8) is 0 Å². The molecule has 7 nitrogen and oxygen atoms in total. The summed E-state index contributed by atoms with van der Waals surface area (Å²) in [7, 11) is 0. The van der Waals surface area contributed by atoms with Crippen molar-refractivity contribution in [2.75, 3.05) is 16.8 Å². The number of nitrogens with two attached hydrogens (primary N) is 2. The molecule has 3 heterocycles. The molecule has 1 atom stereocenters. The van der Waals surface area contributed by atoms with Crippen LogP contribution in [-0.4, -0.2) is 20.7 Å². The minimum absolute atomic E-state index is 0.0688. The number of aromatic nitrogens is 3. The summed E-state index contributed by atoms with van der Waals surface area (Å²) < 4.78 is 0.371. The minimum Gasteiger partial charge on any atom is -0.382 e. The van der Waals surface area contributed by atoms with Crippen LogP contribution in [0.25, 0.3) is 0 Å². The second-order valence-corrected chi connectivity index (χ2v) is 7.58. The number of hydrogen-bond acceptors (Lipinski definition) is 8. The number of nitrogens with zero attached hydrogens (tertiary/aromatic N) is 4. The average molecular weight is 406 g/mol. The fourth-order valence-electron chi connectivity index (χ4n) is 2.77. The van der Waals surface area contributed by atoms with E-state index in [-0.39, 0.29) is 17.8 Å². The molecular formula is C16H13Cl2N7S. The van der Waals surface area contributed by atoms with Crippen LogP contribution in [0.3, 0.4) is 0 Å². The Morgan fingerprint density at radius 2 is 1.85 bits per heavy atom. The number of thiazole rings is 1. The molecule has 2 aromatic heterocycles. The first-order valence-corrected chi connectivity index (χ1v) is 9.22. The quantitative estimate of drug-likeness (QED) is 0.591. The van der Waals surface area contributed by atoms with Gasteiger partial charge < -0.3 is 16.8 Å². The Morgan fingerprint density at radius 1 is 1.08 bits per heavy atom. The highest BCUT2D eigenvalue weighted by Gasteiger charge is 2.27. The van der Waals surface area contributed by atoms with Crippen molar-refractivity contribution in [3.05, 3.63) is 50.4 Å². The maximum absolute atomic E-state index is 6.27. The highest BCUT2D eigenvalue weighted by atomic mass is 35.5. The van der Waals surface area contributed by atoms with Gasteiger partial charge in [0.2, 0.25) is 5.95 Å². The van der Waals surface area contributed by atoms with Gasteiger partial charge in [-0.05, 0) is 5.56 Å². The van der Waals surface area contributed by atoms with Crippen LogP contribution in [0, 0.1) is 0 Å². The van der Waals surface area contributed by atoms with Crippen molar-refractivity contribution >= 4 is 63.5 Å². The normalized spacial score (nSPS) is 16.4. The zero-order chi connectivity index (χ0) is 18.3. The number of nitrogens with one attached hydrogen (secondary N) is 1. The standard InChI is InChI=1S/C16H13Cl2N7S/c17-12-11(26-15(18)23-12)9-6-8(7-4-2-1-3-5-7)21-10-13(19)24-16(20)25-14(10)22-9/h1-5,9H,6H2,(H5,19,20,22,24,25). The zero-order valence-corrected chi connectivity index (χ0v) is 15.6. The lowest BCUT2D eigenvalue weighted by Crippen LogP contribution is -2.15. The zero-order valence-electron chi connectivity index (χ0n) is 13.3. The van der Waals surface area contributed by atoms with Crippen molar-refractivity contribution in [2.45, 2.75) is 12.5 Å². The Balaban J connectivity index is 1.88. The predicted octanol–water partition coefficient (Wildman–Crippen LogP) is 4.08. The van der Waals surface area contributed by atoms with Gasteiger partial charge in [-0.1, -0.05) is 53.5 Å². The molecule has 4 rings (SSSR count). The van der Waals surface area contributed by atoms with Crippen molar-refractivity contribution in [1.82, 2.24) is 15.0 Å². The first-order chi connectivity index (χ1) is 12.5. The van der Waals surface area contributed by atoms with Crippen LogP contribution >= 0.6 is 34.5 Å². The molecule has 0 bridgehead atoms. The molecule has 5 N–H and O–H groups in total. The molecule has 1 aliphatic heterocycles. The third-order valence-corrected chi connectivity index (χ3v) is 5.56. The Hall–Kier alpha value is -2.42. The van der Waals surface area contributed by atoms with Crippen LogP contribution in [0.5, 0.6) is 0 Å². The summed E-state index contributed by atoms with van der Waals surface area (Å²) in [5.74, 6) is 0.730. The van der Waals surface area contributed by atoms with Gasteiger partial charge in [0.25, 0.3) is 0 Å². The monoisotopic (exact) mass is 405 g/mol. The highest BCUT2D eigenvalue weighted by molar-refractivity contribution is 7.16. The average Bonchev–Trinajstić information content (AvgIpc) is 2.83. The Morgan fingerprint density at radius 3 is 2.54 bits per heavy atom. The number of benzene rings is 1. The predicted molar refractivity (Wildman–Crippen MR) is 107 cm³/mol. The van der Waals surface area contributed by atoms with Crippen LogP contribution in [0.15, 0.2) is 35.3 Å². The van der Waals surface area contributed by atoms with Crippen LogP contribution in [0.4, 0.5) is 23.3 Å². The number of nitrogen functional groups attached to an aromatic ring is 2. The molecule has 3 aromatic rings. The second-order valence-electron chi connectivity index (χ2n) is 5.61. The van der Waals surface area contributed by atoms with E-state index in [2.05, 4.69) is 20.3 Å². The molecule has 0 saturated heterocycles. The van der Waals surface area contributed by atoms with Gasteiger partial charge in [-0.25, -0.2) is 9.98 Å². The van der Waals surface area contributed by atoms with Crippen LogP contribution < -0.4 is 16.8 Å². The third-order valence-electron chi connectivity index (χ3n) is 3.89. The molecule has 1 aromatic carbocycles. The van der Waals surface area contributed by atoms with Crippen molar-refractivity contribution in [3.8, 4) is 0 Å². The number of anilines is 3. The van der Waals surface area contributed by atoms with Gasteiger partial charge in [-0.15, -0.1) is 11.3 Å². The molecule has 0 spiro atoms. The summed E-state index contributed by atoms with van der Waals surface area (Å²) in [6.07, 6.45) is 0.540. The molecule has 1 aliphatic rings. The lowest BCUT2D eigenvalue weighted by Gasteiger charge is -2.17. The largest absolute Gasteiger partial charge is 0.382 e. The lowest BCUT2D eigenvalue weighted by atomic mass is 10.0. The van der Waals surface area contributed by atoms with Gasteiger partial charge in [0.05, 0.1) is 16.6 Å². The fraction of sp³-hybridized carbons (Fsp3) is 0.125. The maximum Gasteiger partial charge on any atom is 0.224 e. The van der Waals surface area contributed by atoms with E-state index in [9.17, 15) is 0 Å². The molecule has 0 aliphatic carbocycles. The summed E-state index contributed by atoms with van der Waals surface area (Å²) >= 11 is 13.6. The number of hydrogen-bond donors (Lipinski definition) is 3. The lowest BCUT2D eigenvalue weighted by molar-refractivity contribution is 0.838. The molecule has 10 heteroatoms. The van der Waals surface area contributed by atoms with Crippen LogP contribution in [-0.2, 0) is 0 Å². The van der Waals surface area contributed by atoms with Gasteiger partial charge in [0, 0.05) is 6.42 Å². The molecule has 0 fully saturated rings. The Bertz CT molecular complexity index is 1000. The van der Waals surface area contributed by atoms with E-state index < -0.39 is 0 Å². The van der Waals surface area contributed by atoms with E-state index in [1.807, 2.05) is 30.3 Å². The van der Waals surface area contributed by atoms with Gasteiger partial charge in [-0.3, -0.25) is 0 Å². The Labute approximate surface area is 163 Å². The van der Waals surface area contributed by atoms with Gasteiger partial charge in [0.1, 0.15) is 10.8 Å². The Kier molecular flexibility index (Phi) is 4.39. The second kappa shape index (κ2) is 6.71. The van der Waals surface area contributed by atoms with E-state index in [0.717, 1.165) is 16.2 Å². The molecule has 132 valence electrons. The van der Waals surface area contributed by atoms with E-state index in [0.29, 0.717) is 27.5 Å². The number of aliphatic imine (C=N–C) groups is 1. The van der Waals surface area contributed by atoms with Crippen molar-refractivity contribution in [1.29, 1.82) is 0 Å². The number of rotatable bonds is 2. The number of fused-ring (bicyclic) bond motifs is 1. The minimum atomic E-state index is -0.235. The van der Waals surface area contributed by atoms with Crippen molar-refractivity contribution < 1.29 is 0 Å². The van der Waals surface area contributed by atoms with E-state index in [1.54, 1.807) is 0 Å². The van der Waals surface area contributed by atoms with Crippen molar-refractivity contribution in [2.24, 2.45) is 4.99 Å². The molecular weight excluding hydrogens is 393 g/mol. The van der Waals surface area contributed by atoms with Crippen LogP contribution in [0.2, 0.25) is 9.62 Å². The summed E-state index contributed by atoms with van der Waals surface area (Å²) in [6.45, 7) is 0. The first kappa shape index (κ1) is 17.0. The van der Waals surface area contributed by atoms with Gasteiger partial charge in [-0.2, -0.15) is 9.97 Å². The van der Waals surface area contributed by atoms with Gasteiger partial charge in [0.15, 0.2) is 16.1 Å². The molecule has 26 heavy (non-hydrogen) atoms. The molecule has 0 amide bonds. The maximum atomic E-state index is 6.27. The van der Waals surface area contributed by atoms with E-state index in [1.165, 1.54) is 11.3 Å². The van der Waals surface area contributed by atoms with E-state index in [4.69, 9.17) is 39.7 Å². The SMILES string of the molecule is Nc1nc(N)c2c(n1)NC(c1sc(Cl)nc1Cl)CC(c1ccccc1)=N2. The third kappa shape index (κ3) is 3.18. The fourth-order valence-corrected chi connectivity index (χ4v) is 4.26.